The highest BCUT2D eigenvalue weighted by Crippen LogP contribution is 2.42. The molecule has 0 saturated heterocycles. The second-order valence-corrected chi connectivity index (χ2v) is 4.75. The van der Waals surface area contributed by atoms with Crippen LogP contribution in [0.25, 0.3) is 0 Å². The van der Waals surface area contributed by atoms with E-state index in [9.17, 15) is 4.79 Å². The third-order valence-corrected chi connectivity index (χ3v) is 3.60. The zero-order chi connectivity index (χ0) is 17.7. The van der Waals surface area contributed by atoms with E-state index in [0.29, 0.717) is 39.9 Å². The van der Waals surface area contributed by atoms with Crippen molar-refractivity contribution in [2.75, 3.05) is 35.5 Å². The number of ether oxygens (including phenoxy) is 5. The molecule has 0 heterocycles. The van der Waals surface area contributed by atoms with Crippen molar-refractivity contribution in [3.05, 3.63) is 41.5 Å². The Morgan fingerprint density at radius 2 is 1.17 bits per heavy atom. The number of carbonyl (C=O) groups is 1. The highest BCUT2D eigenvalue weighted by Gasteiger charge is 2.24. The van der Waals surface area contributed by atoms with E-state index in [2.05, 4.69) is 0 Å². The number of para-hydroxylation sites is 1. The van der Waals surface area contributed by atoms with Crippen molar-refractivity contribution >= 4 is 5.78 Å². The van der Waals surface area contributed by atoms with Gasteiger partial charge in [-0.05, 0) is 24.3 Å². The maximum atomic E-state index is 13.0. The van der Waals surface area contributed by atoms with Gasteiger partial charge in [0, 0.05) is 0 Å². The maximum Gasteiger partial charge on any atom is 0.204 e. The molecule has 0 spiro atoms. The van der Waals surface area contributed by atoms with E-state index in [1.165, 1.54) is 35.5 Å². The molecule has 2 aromatic rings. The number of benzene rings is 2. The molecule has 128 valence electrons. The topological polar surface area (TPSA) is 63.2 Å². The summed E-state index contributed by atoms with van der Waals surface area (Å²) >= 11 is 0. The molecule has 0 amide bonds. The van der Waals surface area contributed by atoms with Crippen molar-refractivity contribution in [1.29, 1.82) is 0 Å². The van der Waals surface area contributed by atoms with E-state index in [1.807, 2.05) is 0 Å². The van der Waals surface area contributed by atoms with E-state index >= 15 is 0 Å². The number of hydrogen-bond donors (Lipinski definition) is 0. The van der Waals surface area contributed by atoms with Gasteiger partial charge in [-0.25, -0.2) is 0 Å². The molecule has 0 unspecified atom stereocenters. The normalized spacial score (nSPS) is 10.0. The minimum Gasteiger partial charge on any atom is -0.493 e. The lowest BCUT2D eigenvalue weighted by molar-refractivity contribution is 0.103. The summed E-state index contributed by atoms with van der Waals surface area (Å²) < 4.78 is 26.5. The summed E-state index contributed by atoms with van der Waals surface area (Å²) in [5.74, 6) is 1.69. The molecule has 0 aliphatic rings. The summed E-state index contributed by atoms with van der Waals surface area (Å²) in [6.07, 6.45) is 0. The summed E-state index contributed by atoms with van der Waals surface area (Å²) in [7, 11) is 7.48. The molecule has 0 radical (unpaired) electrons. The number of rotatable bonds is 7. The van der Waals surface area contributed by atoms with Crippen molar-refractivity contribution in [2.45, 2.75) is 0 Å². The van der Waals surface area contributed by atoms with Crippen LogP contribution in [0.5, 0.6) is 28.7 Å². The zero-order valence-electron chi connectivity index (χ0n) is 14.3. The number of carbonyl (C=O) groups excluding carboxylic acids is 1. The monoisotopic (exact) mass is 332 g/mol. The molecule has 2 aromatic carbocycles. The average molecular weight is 332 g/mol. The van der Waals surface area contributed by atoms with Gasteiger partial charge < -0.3 is 23.7 Å². The smallest absolute Gasteiger partial charge is 0.204 e. The number of ketones is 1. The SMILES string of the molecule is COc1cccc(C(=O)c2ccc(OC)c(OC)c2OC)c1OC. The molecular formula is C18H20O6. The van der Waals surface area contributed by atoms with Gasteiger partial charge in [-0.1, -0.05) is 6.07 Å². The minimum atomic E-state index is -0.274. The van der Waals surface area contributed by atoms with Gasteiger partial charge in [-0.15, -0.1) is 0 Å². The molecule has 0 N–H and O–H groups in total. The van der Waals surface area contributed by atoms with Gasteiger partial charge in [0.2, 0.25) is 11.5 Å². The zero-order valence-corrected chi connectivity index (χ0v) is 14.3. The molecule has 24 heavy (non-hydrogen) atoms. The summed E-state index contributed by atoms with van der Waals surface area (Å²) in [5, 5.41) is 0. The largest absolute Gasteiger partial charge is 0.493 e. The lowest BCUT2D eigenvalue weighted by Crippen LogP contribution is -2.08. The van der Waals surface area contributed by atoms with Crippen molar-refractivity contribution in [1.82, 2.24) is 0 Å². The van der Waals surface area contributed by atoms with Crippen LogP contribution in [0.2, 0.25) is 0 Å². The second kappa shape index (κ2) is 7.59. The van der Waals surface area contributed by atoms with E-state index < -0.39 is 0 Å². The van der Waals surface area contributed by atoms with Crippen LogP contribution in [0.15, 0.2) is 30.3 Å². The van der Waals surface area contributed by atoms with Gasteiger partial charge in [-0.3, -0.25) is 4.79 Å². The van der Waals surface area contributed by atoms with Crippen LogP contribution >= 0.6 is 0 Å². The van der Waals surface area contributed by atoms with Crippen molar-refractivity contribution in [2.24, 2.45) is 0 Å². The van der Waals surface area contributed by atoms with Crippen molar-refractivity contribution < 1.29 is 28.5 Å². The van der Waals surface area contributed by atoms with Crippen LogP contribution in [0, 0.1) is 0 Å². The standard InChI is InChI=1S/C18H20O6/c1-20-13-8-6-7-11(16(13)22-3)15(19)12-9-10-14(21-2)18(24-5)17(12)23-4/h6-10H,1-5H3. The molecular weight excluding hydrogens is 312 g/mol. The first-order valence-corrected chi connectivity index (χ1v) is 7.17. The molecule has 2 rings (SSSR count). The Kier molecular flexibility index (Phi) is 5.52. The average Bonchev–Trinajstić information content (AvgIpc) is 2.64. The third-order valence-electron chi connectivity index (χ3n) is 3.60. The van der Waals surface area contributed by atoms with E-state index in [4.69, 9.17) is 23.7 Å². The Morgan fingerprint density at radius 3 is 1.71 bits per heavy atom. The second-order valence-electron chi connectivity index (χ2n) is 4.75. The lowest BCUT2D eigenvalue weighted by atomic mass is 10.00. The predicted molar refractivity (Wildman–Crippen MR) is 89.1 cm³/mol. The van der Waals surface area contributed by atoms with Gasteiger partial charge >= 0.3 is 0 Å². The van der Waals surface area contributed by atoms with Crippen LogP contribution in [0.1, 0.15) is 15.9 Å². The molecule has 0 aliphatic heterocycles. The first-order chi connectivity index (χ1) is 11.6. The Balaban J connectivity index is 2.63. The first-order valence-electron chi connectivity index (χ1n) is 7.17. The van der Waals surface area contributed by atoms with Crippen LogP contribution < -0.4 is 23.7 Å². The summed E-state index contributed by atoms with van der Waals surface area (Å²) in [4.78, 5) is 13.0. The van der Waals surface area contributed by atoms with Crippen LogP contribution in [0.3, 0.4) is 0 Å². The summed E-state index contributed by atoms with van der Waals surface area (Å²) in [6.45, 7) is 0. The fourth-order valence-electron chi connectivity index (χ4n) is 2.49. The van der Waals surface area contributed by atoms with Gasteiger partial charge in [-0.2, -0.15) is 0 Å². The third kappa shape index (κ3) is 2.95. The Hall–Kier alpha value is -2.89. The molecule has 0 saturated carbocycles. The number of hydrogen-bond acceptors (Lipinski definition) is 6. The van der Waals surface area contributed by atoms with E-state index in [1.54, 1.807) is 30.3 Å². The molecule has 0 atom stereocenters. The van der Waals surface area contributed by atoms with Gasteiger partial charge in [0.05, 0.1) is 46.7 Å². The minimum absolute atomic E-state index is 0.274. The fourth-order valence-corrected chi connectivity index (χ4v) is 2.49. The van der Waals surface area contributed by atoms with Crippen molar-refractivity contribution in [3.8, 4) is 28.7 Å². The van der Waals surface area contributed by atoms with Crippen LogP contribution in [-0.2, 0) is 0 Å². The molecule has 6 nitrogen and oxygen atoms in total. The lowest BCUT2D eigenvalue weighted by Gasteiger charge is -2.16. The molecule has 0 aromatic heterocycles. The van der Waals surface area contributed by atoms with Crippen LogP contribution in [-0.4, -0.2) is 41.3 Å². The fraction of sp³-hybridized carbons (Fsp3) is 0.278. The van der Waals surface area contributed by atoms with Gasteiger partial charge in [0.15, 0.2) is 23.0 Å². The Labute approximate surface area is 140 Å². The highest BCUT2D eigenvalue weighted by atomic mass is 16.5. The van der Waals surface area contributed by atoms with E-state index in [0.717, 1.165) is 0 Å². The summed E-state index contributed by atoms with van der Waals surface area (Å²) in [6, 6.07) is 8.39. The molecule has 0 aliphatic carbocycles. The molecule has 0 fully saturated rings. The molecule has 0 bridgehead atoms. The first kappa shape index (κ1) is 17.5. The van der Waals surface area contributed by atoms with Crippen LogP contribution in [0.4, 0.5) is 0 Å². The quantitative estimate of drug-likeness (QED) is 0.727. The van der Waals surface area contributed by atoms with Gasteiger partial charge in [0.1, 0.15) is 0 Å². The van der Waals surface area contributed by atoms with Gasteiger partial charge in [0.25, 0.3) is 0 Å². The van der Waals surface area contributed by atoms with Crippen molar-refractivity contribution in [3.63, 3.8) is 0 Å². The number of methoxy groups -OCH3 is 5. The Morgan fingerprint density at radius 1 is 0.625 bits per heavy atom. The molecule has 6 heteroatoms. The summed E-state index contributed by atoms with van der Waals surface area (Å²) in [5.41, 5.74) is 0.698. The maximum absolute atomic E-state index is 13.0. The highest BCUT2D eigenvalue weighted by molar-refractivity contribution is 6.13. The predicted octanol–water partition coefficient (Wildman–Crippen LogP) is 2.96. The Bertz CT molecular complexity index is 739. The van der Waals surface area contributed by atoms with E-state index in [-0.39, 0.29) is 5.78 Å².